The molecule has 0 saturated carbocycles. The van der Waals surface area contributed by atoms with Gasteiger partial charge in [0.2, 0.25) is 5.88 Å². The number of aldehydes is 1. The minimum Gasteiger partial charge on any atom is -0.493 e. The van der Waals surface area contributed by atoms with E-state index >= 15 is 0 Å². The molecule has 0 fully saturated rings. The molecule has 1 N–H and O–H groups in total. The van der Waals surface area contributed by atoms with Crippen LogP contribution >= 0.6 is 11.8 Å². The summed E-state index contributed by atoms with van der Waals surface area (Å²) < 4.78 is 1.30. The summed E-state index contributed by atoms with van der Waals surface area (Å²) in [4.78, 5) is 12.2. The van der Waals surface area contributed by atoms with Gasteiger partial charge in [0.25, 0.3) is 0 Å². The lowest BCUT2D eigenvalue weighted by Crippen LogP contribution is -1.89. The van der Waals surface area contributed by atoms with Crippen molar-refractivity contribution in [1.29, 1.82) is 0 Å². The highest BCUT2D eigenvalue weighted by atomic mass is 32.2. The minimum absolute atomic E-state index is 0.106. The van der Waals surface area contributed by atoms with Crippen LogP contribution in [0, 0.1) is 0 Å². The van der Waals surface area contributed by atoms with Gasteiger partial charge in [-0.05, 0) is 12.1 Å². The molecule has 1 heterocycles. The molecule has 0 spiro atoms. The van der Waals surface area contributed by atoms with E-state index in [-0.39, 0.29) is 11.4 Å². The van der Waals surface area contributed by atoms with Crippen LogP contribution in [0.3, 0.4) is 0 Å². The Labute approximate surface area is 116 Å². The molecule has 2 aromatic rings. The summed E-state index contributed by atoms with van der Waals surface area (Å²) in [5.74, 6) is -0.106. The van der Waals surface area contributed by atoms with Gasteiger partial charge in [0.15, 0.2) is 6.29 Å². The number of hydrogen-bond acceptors (Lipinski definition) is 4. The molecule has 100 valence electrons. The monoisotopic (exact) mass is 276 g/mol. The molecule has 1 aromatic carbocycles. The van der Waals surface area contributed by atoms with Crippen LogP contribution in [0.2, 0.25) is 0 Å². The van der Waals surface area contributed by atoms with Gasteiger partial charge in [-0.2, -0.15) is 5.10 Å². The molecule has 4 nitrogen and oxygen atoms in total. The highest BCUT2D eigenvalue weighted by molar-refractivity contribution is 7.99. The van der Waals surface area contributed by atoms with Crippen LogP contribution in [0.1, 0.15) is 24.2 Å². The maximum Gasteiger partial charge on any atom is 0.220 e. The van der Waals surface area contributed by atoms with Gasteiger partial charge in [0.05, 0.1) is 0 Å². The first-order chi connectivity index (χ1) is 9.02. The number of aryl methyl sites for hydroxylation is 1. The van der Waals surface area contributed by atoms with E-state index in [1.807, 2.05) is 24.3 Å². The Balaban J connectivity index is 2.37. The summed E-state index contributed by atoms with van der Waals surface area (Å²) >= 11 is 1.78. The van der Waals surface area contributed by atoms with Gasteiger partial charge in [-0.3, -0.25) is 4.79 Å². The van der Waals surface area contributed by atoms with Gasteiger partial charge in [0, 0.05) is 22.8 Å². The van der Waals surface area contributed by atoms with E-state index in [0.29, 0.717) is 17.2 Å². The van der Waals surface area contributed by atoms with Crippen LogP contribution in [0.15, 0.2) is 29.2 Å². The summed E-state index contributed by atoms with van der Waals surface area (Å²) in [6, 6.07) is 7.83. The number of thioether (sulfide) groups is 1. The summed E-state index contributed by atoms with van der Waals surface area (Å²) in [5.41, 5.74) is 1.56. The topological polar surface area (TPSA) is 55.1 Å². The third-order valence-electron chi connectivity index (χ3n) is 2.67. The molecule has 0 unspecified atom stereocenters. The second-order valence-corrected chi connectivity index (χ2v) is 6.17. The number of benzene rings is 1. The van der Waals surface area contributed by atoms with E-state index in [4.69, 9.17) is 0 Å². The van der Waals surface area contributed by atoms with Crippen molar-refractivity contribution in [1.82, 2.24) is 9.78 Å². The minimum atomic E-state index is -0.106. The second-order valence-electron chi connectivity index (χ2n) is 4.52. The van der Waals surface area contributed by atoms with Gasteiger partial charge in [-0.1, -0.05) is 26.0 Å². The normalized spacial score (nSPS) is 10.9. The van der Waals surface area contributed by atoms with Gasteiger partial charge in [-0.25, -0.2) is 4.68 Å². The average molecular weight is 276 g/mol. The van der Waals surface area contributed by atoms with Crippen LogP contribution in [0.4, 0.5) is 0 Å². The molecule has 0 saturated heterocycles. The van der Waals surface area contributed by atoms with Crippen molar-refractivity contribution in [3.8, 4) is 17.1 Å². The Hall–Kier alpha value is -1.75. The molecule has 0 atom stereocenters. The number of carbonyl (C=O) groups excluding carboxylic acids is 1. The van der Waals surface area contributed by atoms with Crippen LogP contribution in [-0.4, -0.2) is 26.4 Å². The molecule has 1 aromatic heterocycles. The van der Waals surface area contributed by atoms with Crippen LogP contribution < -0.4 is 0 Å². The molecule has 0 aliphatic carbocycles. The zero-order valence-corrected chi connectivity index (χ0v) is 11.9. The van der Waals surface area contributed by atoms with Gasteiger partial charge >= 0.3 is 0 Å². The highest BCUT2D eigenvalue weighted by Gasteiger charge is 2.16. The molecular formula is C14H16N2O2S. The van der Waals surface area contributed by atoms with E-state index in [9.17, 15) is 9.90 Å². The number of carbonyl (C=O) groups is 1. The van der Waals surface area contributed by atoms with E-state index in [2.05, 4.69) is 18.9 Å². The van der Waals surface area contributed by atoms with Crippen LogP contribution in [-0.2, 0) is 7.05 Å². The maximum atomic E-state index is 11.0. The smallest absolute Gasteiger partial charge is 0.220 e. The summed E-state index contributed by atoms with van der Waals surface area (Å²) in [6.45, 7) is 4.28. The number of hydrogen-bond donors (Lipinski definition) is 1. The fourth-order valence-electron chi connectivity index (χ4n) is 1.82. The number of nitrogens with zero attached hydrogens (tertiary/aromatic N) is 2. The van der Waals surface area contributed by atoms with E-state index in [1.54, 1.807) is 18.8 Å². The molecule has 0 bridgehead atoms. The zero-order valence-electron chi connectivity index (χ0n) is 11.1. The SMILES string of the molecule is CC(C)Sc1ccc(-c2nn(C)c(O)c2C=O)cc1. The molecule has 0 radical (unpaired) electrons. The highest BCUT2D eigenvalue weighted by Crippen LogP contribution is 2.30. The summed E-state index contributed by atoms with van der Waals surface area (Å²) in [7, 11) is 1.61. The van der Waals surface area contributed by atoms with Crippen molar-refractivity contribution in [2.75, 3.05) is 0 Å². The predicted molar refractivity (Wildman–Crippen MR) is 76.7 cm³/mol. The molecule has 5 heteroatoms. The van der Waals surface area contributed by atoms with Crippen molar-refractivity contribution >= 4 is 18.0 Å². The summed E-state index contributed by atoms with van der Waals surface area (Å²) in [6.07, 6.45) is 0.633. The van der Waals surface area contributed by atoms with Crippen molar-refractivity contribution in [3.05, 3.63) is 29.8 Å². The molecule has 0 amide bonds. The largest absolute Gasteiger partial charge is 0.493 e. The Morgan fingerprint density at radius 1 is 1.32 bits per heavy atom. The first kappa shape index (κ1) is 13.7. The fourth-order valence-corrected chi connectivity index (χ4v) is 2.65. The predicted octanol–water partition coefficient (Wildman–Crippen LogP) is 3.11. The number of aromatic nitrogens is 2. The Kier molecular flexibility index (Phi) is 3.95. The molecule has 0 aliphatic rings. The van der Waals surface area contributed by atoms with Crippen LogP contribution in [0.25, 0.3) is 11.3 Å². The Morgan fingerprint density at radius 2 is 1.95 bits per heavy atom. The van der Waals surface area contributed by atoms with Crippen molar-refractivity contribution in [2.45, 2.75) is 24.0 Å². The second kappa shape index (κ2) is 5.48. The maximum absolute atomic E-state index is 11.0. The van der Waals surface area contributed by atoms with Crippen molar-refractivity contribution < 1.29 is 9.90 Å². The lowest BCUT2D eigenvalue weighted by atomic mass is 10.1. The molecule has 2 rings (SSSR count). The zero-order chi connectivity index (χ0) is 14.0. The van der Waals surface area contributed by atoms with Crippen molar-refractivity contribution in [2.24, 2.45) is 7.05 Å². The standard InChI is InChI=1S/C14H16N2O2S/c1-9(2)19-11-6-4-10(5-7-11)13-12(8-17)14(18)16(3)15-13/h4-9,18H,1-3H3. The first-order valence-corrected chi connectivity index (χ1v) is 6.89. The lowest BCUT2D eigenvalue weighted by molar-refractivity contribution is 0.112. The Morgan fingerprint density at radius 3 is 2.47 bits per heavy atom. The molecule has 0 aliphatic heterocycles. The quantitative estimate of drug-likeness (QED) is 0.688. The van der Waals surface area contributed by atoms with Gasteiger partial charge in [0.1, 0.15) is 11.3 Å². The molecule has 19 heavy (non-hydrogen) atoms. The fraction of sp³-hybridized carbons (Fsp3) is 0.286. The summed E-state index contributed by atoms with van der Waals surface area (Å²) in [5, 5.41) is 14.4. The van der Waals surface area contributed by atoms with Gasteiger partial charge in [-0.15, -0.1) is 11.8 Å². The Bertz CT molecular complexity index is 588. The third kappa shape index (κ3) is 2.81. The number of aromatic hydroxyl groups is 1. The molecular weight excluding hydrogens is 260 g/mol. The van der Waals surface area contributed by atoms with E-state index in [1.165, 1.54) is 9.58 Å². The average Bonchev–Trinajstić information content (AvgIpc) is 2.65. The number of rotatable bonds is 4. The first-order valence-electron chi connectivity index (χ1n) is 6.01. The third-order valence-corrected chi connectivity index (χ3v) is 3.69. The van der Waals surface area contributed by atoms with E-state index in [0.717, 1.165) is 5.56 Å². The van der Waals surface area contributed by atoms with Crippen molar-refractivity contribution in [3.63, 3.8) is 0 Å². The van der Waals surface area contributed by atoms with E-state index < -0.39 is 0 Å². The van der Waals surface area contributed by atoms with Crippen LogP contribution in [0.5, 0.6) is 5.88 Å². The lowest BCUT2D eigenvalue weighted by Gasteiger charge is -2.05. The van der Waals surface area contributed by atoms with Gasteiger partial charge < -0.3 is 5.11 Å².